The molecule has 6 heteroatoms. The van der Waals surface area contributed by atoms with E-state index in [1.54, 1.807) is 6.92 Å². The highest BCUT2D eigenvalue weighted by Gasteiger charge is 2.25. The summed E-state index contributed by atoms with van der Waals surface area (Å²) in [5.41, 5.74) is 0.391. The summed E-state index contributed by atoms with van der Waals surface area (Å²) in [6, 6.07) is 2.77. The van der Waals surface area contributed by atoms with Crippen molar-refractivity contribution in [2.24, 2.45) is 0 Å². The molecule has 0 spiro atoms. The van der Waals surface area contributed by atoms with Crippen LogP contribution in [0.15, 0.2) is 12.1 Å². The minimum Gasteiger partial charge on any atom is -0.490 e. The minimum absolute atomic E-state index is 0.0724. The first kappa shape index (κ1) is 12.0. The fourth-order valence-corrected chi connectivity index (χ4v) is 1.38. The monoisotopic (exact) mass is 225 g/mol. The van der Waals surface area contributed by atoms with Crippen LogP contribution in [0.4, 0.5) is 5.69 Å². The summed E-state index contributed by atoms with van der Waals surface area (Å²) in [6.07, 6.45) is 0. The van der Waals surface area contributed by atoms with Crippen molar-refractivity contribution in [3.05, 3.63) is 33.4 Å². The van der Waals surface area contributed by atoms with Gasteiger partial charge in [0, 0.05) is 6.07 Å². The largest absolute Gasteiger partial charge is 0.490 e. The van der Waals surface area contributed by atoms with Gasteiger partial charge in [0.15, 0.2) is 0 Å². The molecule has 1 aromatic carbocycles. The van der Waals surface area contributed by atoms with Crippen LogP contribution in [0.5, 0.6) is 5.75 Å². The lowest BCUT2D eigenvalue weighted by Gasteiger charge is -2.09. The predicted octanol–water partition coefficient (Wildman–Crippen LogP) is 1.70. The van der Waals surface area contributed by atoms with Gasteiger partial charge in [0.2, 0.25) is 5.75 Å². The molecule has 0 fully saturated rings. The zero-order valence-corrected chi connectivity index (χ0v) is 9.14. The Morgan fingerprint density at radius 1 is 1.38 bits per heavy atom. The van der Waals surface area contributed by atoms with E-state index in [4.69, 9.17) is 4.74 Å². The van der Waals surface area contributed by atoms with Crippen LogP contribution in [-0.2, 0) is 4.74 Å². The van der Waals surface area contributed by atoms with Crippen molar-refractivity contribution < 1.29 is 19.2 Å². The van der Waals surface area contributed by atoms with Gasteiger partial charge in [-0.25, -0.2) is 4.79 Å². The van der Waals surface area contributed by atoms with E-state index in [1.165, 1.54) is 26.4 Å². The molecule has 0 aromatic heterocycles. The van der Waals surface area contributed by atoms with Gasteiger partial charge in [0.1, 0.15) is 5.56 Å². The van der Waals surface area contributed by atoms with Gasteiger partial charge in [-0.3, -0.25) is 10.1 Å². The van der Waals surface area contributed by atoms with Crippen LogP contribution in [0.1, 0.15) is 15.9 Å². The second kappa shape index (κ2) is 4.61. The smallest absolute Gasteiger partial charge is 0.342 e. The topological polar surface area (TPSA) is 78.7 Å². The molecule has 1 rings (SSSR count). The van der Waals surface area contributed by atoms with Crippen LogP contribution in [-0.4, -0.2) is 25.1 Å². The molecule has 0 unspecified atom stereocenters. The molecule has 0 amide bonds. The van der Waals surface area contributed by atoms with Crippen molar-refractivity contribution in [3.8, 4) is 5.75 Å². The highest BCUT2D eigenvalue weighted by molar-refractivity contribution is 5.95. The van der Waals surface area contributed by atoms with Crippen molar-refractivity contribution in [1.29, 1.82) is 0 Å². The Bertz CT molecular complexity index is 441. The number of aryl methyl sites for hydroxylation is 1. The molecular weight excluding hydrogens is 214 g/mol. The number of nitro groups is 1. The Morgan fingerprint density at radius 3 is 2.44 bits per heavy atom. The predicted molar refractivity (Wildman–Crippen MR) is 55.7 cm³/mol. The third-order valence-electron chi connectivity index (χ3n) is 2.14. The molecule has 0 saturated carbocycles. The average Bonchev–Trinajstić information content (AvgIpc) is 2.26. The molecule has 0 radical (unpaired) electrons. The SMILES string of the molecule is COC(=O)c1c(C)ccc([N+](=O)[O-])c1OC. The second-order valence-corrected chi connectivity index (χ2v) is 3.06. The zero-order chi connectivity index (χ0) is 12.3. The van der Waals surface area contributed by atoms with Gasteiger partial charge in [-0.15, -0.1) is 0 Å². The molecule has 0 aliphatic rings. The summed E-state index contributed by atoms with van der Waals surface area (Å²) in [5, 5.41) is 10.7. The van der Waals surface area contributed by atoms with Crippen molar-refractivity contribution >= 4 is 11.7 Å². The highest BCUT2D eigenvalue weighted by Crippen LogP contribution is 2.33. The number of rotatable bonds is 3. The van der Waals surface area contributed by atoms with Crippen molar-refractivity contribution in [2.75, 3.05) is 14.2 Å². The van der Waals surface area contributed by atoms with Gasteiger partial charge in [-0.1, -0.05) is 6.07 Å². The molecule has 0 atom stereocenters. The summed E-state index contributed by atoms with van der Waals surface area (Å²) in [6.45, 7) is 1.65. The van der Waals surface area contributed by atoms with Crippen LogP contribution < -0.4 is 4.74 Å². The first-order valence-electron chi connectivity index (χ1n) is 4.43. The first-order chi connectivity index (χ1) is 7.52. The molecule has 86 valence electrons. The maximum atomic E-state index is 11.5. The summed E-state index contributed by atoms with van der Waals surface area (Å²) in [4.78, 5) is 21.6. The summed E-state index contributed by atoms with van der Waals surface area (Å²) in [5.74, 6) is -0.727. The molecule has 6 nitrogen and oxygen atoms in total. The van der Waals surface area contributed by atoms with Gasteiger partial charge in [-0.05, 0) is 12.5 Å². The van der Waals surface area contributed by atoms with Crippen LogP contribution in [0.3, 0.4) is 0 Å². The molecule has 0 aliphatic carbocycles. The standard InChI is InChI=1S/C10H11NO5/c1-6-4-5-7(11(13)14)9(15-2)8(6)10(12)16-3/h4-5H,1-3H3. The number of nitro benzene ring substituents is 1. The Labute approximate surface area is 91.9 Å². The zero-order valence-electron chi connectivity index (χ0n) is 9.14. The van der Waals surface area contributed by atoms with Gasteiger partial charge in [0.05, 0.1) is 19.1 Å². The number of ether oxygens (including phenoxy) is 2. The van der Waals surface area contributed by atoms with E-state index in [0.717, 1.165) is 0 Å². The number of methoxy groups -OCH3 is 2. The number of nitrogens with zero attached hydrogens (tertiary/aromatic N) is 1. The van der Waals surface area contributed by atoms with E-state index in [9.17, 15) is 14.9 Å². The van der Waals surface area contributed by atoms with Crippen molar-refractivity contribution in [3.63, 3.8) is 0 Å². The number of benzene rings is 1. The van der Waals surface area contributed by atoms with Gasteiger partial charge >= 0.3 is 11.7 Å². The Hall–Kier alpha value is -2.11. The normalized spacial score (nSPS) is 9.69. The van der Waals surface area contributed by atoms with E-state index in [1.807, 2.05) is 0 Å². The van der Waals surface area contributed by atoms with Gasteiger partial charge < -0.3 is 9.47 Å². The Morgan fingerprint density at radius 2 is 2.00 bits per heavy atom. The van der Waals surface area contributed by atoms with Crippen LogP contribution in [0, 0.1) is 17.0 Å². The maximum absolute atomic E-state index is 11.5. The van der Waals surface area contributed by atoms with Crippen LogP contribution in [0.2, 0.25) is 0 Å². The van der Waals surface area contributed by atoms with Crippen molar-refractivity contribution in [1.82, 2.24) is 0 Å². The fraction of sp³-hybridized carbons (Fsp3) is 0.300. The molecule has 0 bridgehead atoms. The second-order valence-electron chi connectivity index (χ2n) is 3.06. The van der Waals surface area contributed by atoms with Crippen molar-refractivity contribution in [2.45, 2.75) is 6.92 Å². The third-order valence-corrected chi connectivity index (χ3v) is 2.14. The van der Waals surface area contributed by atoms with Crippen LogP contribution >= 0.6 is 0 Å². The highest BCUT2D eigenvalue weighted by atomic mass is 16.6. The van der Waals surface area contributed by atoms with E-state index in [2.05, 4.69) is 4.74 Å². The van der Waals surface area contributed by atoms with E-state index in [0.29, 0.717) is 5.56 Å². The molecule has 0 heterocycles. The summed E-state index contributed by atoms with van der Waals surface area (Å²) in [7, 11) is 2.48. The maximum Gasteiger partial charge on any atom is 0.342 e. The van der Waals surface area contributed by atoms with Gasteiger partial charge in [0.25, 0.3) is 0 Å². The lowest BCUT2D eigenvalue weighted by Crippen LogP contribution is -2.08. The van der Waals surface area contributed by atoms with E-state index in [-0.39, 0.29) is 17.0 Å². The number of hydrogen-bond acceptors (Lipinski definition) is 5. The lowest BCUT2D eigenvalue weighted by atomic mass is 10.1. The van der Waals surface area contributed by atoms with E-state index >= 15 is 0 Å². The third kappa shape index (κ3) is 1.95. The Balaban J connectivity index is 3.50. The minimum atomic E-state index is -0.655. The number of carbonyl (C=O) groups is 1. The summed E-state index contributed by atoms with van der Waals surface area (Å²) < 4.78 is 9.45. The molecular formula is C10H11NO5. The van der Waals surface area contributed by atoms with Gasteiger partial charge in [-0.2, -0.15) is 0 Å². The molecule has 0 aliphatic heterocycles. The average molecular weight is 225 g/mol. The molecule has 16 heavy (non-hydrogen) atoms. The lowest BCUT2D eigenvalue weighted by molar-refractivity contribution is -0.385. The fourth-order valence-electron chi connectivity index (χ4n) is 1.38. The molecule has 1 aromatic rings. The number of esters is 1. The molecule has 0 saturated heterocycles. The summed E-state index contributed by atoms with van der Waals surface area (Å²) >= 11 is 0. The number of carbonyl (C=O) groups excluding carboxylic acids is 1. The van der Waals surface area contributed by atoms with Crippen LogP contribution in [0.25, 0.3) is 0 Å². The number of hydrogen-bond donors (Lipinski definition) is 0. The quantitative estimate of drug-likeness (QED) is 0.444. The first-order valence-corrected chi connectivity index (χ1v) is 4.43. The Kier molecular flexibility index (Phi) is 3.44. The van der Waals surface area contributed by atoms with E-state index < -0.39 is 10.9 Å². The molecule has 0 N–H and O–H groups in total.